The standard InChI is InChI=1S/C26H31N5O2/c1-4-30(5-2)16-17-31-15-14-21-18-22(10-11-23(21)31)27-24(32)12-13-25-28-29-26(33-25)20-8-6-19(3)7-9-20/h6-11,14-15,18H,4-5,12-13,16-17H2,1-3H3,(H,27,32). The predicted octanol–water partition coefficient (Wildman–Crippen LogP) is 4.91. The number of fused-ring (bicyclic) bond motifs is 1. The summed E-state index contributed by atoms with van der Waals surface area (Å²) in [6.07, 6.45) is 2.79. The van der Waals surface area contributed by atoms with E-state index in [1.165, 1.54) is 11.1 Å². The monoisotopic (exact) mass is 445 g/mol. The molecule has 0 bridgehead atoms. The number of anilines is 1. The molecule has 1 N–H and O–H groups in total. The number of carbonyl (C=O) groups is 1. The fraction of sp³-hybridized carbons (Fsp3) is 0.346. The normalized spacial score (nSPS) is 11.4. The van der Waals surface area contributed by atoms with E-state index < -0.39 is 0 Å². The number of nitrogens with one attached hydrogen (secondary N) is 1. The number of nitrogens with zero attached hydrogens (tertiary/aromatic N) is 4. The lowest BCUT2D eigenvalue weighted by Crippen LogP contribution is -2.26. The average Bonchev–Trinajstić information content (AvgIpc) is 3.46. The van der Waals surface area contributed by atoms with Gasteiger partial charge in [-0.1, -0.05) is 31.5 Å². The van der Waals surface area contributed by atoms with Crippen LogP contribution in [0.1, 0.15) is 31.7 Å². The summed E-state index contributed by atoms with van der Waals surface area (Å²) < 4.78 is 7.98. The van der Waals surface area contributed by atoms with Crippen LogP contribution in [-0.4, -0.2) is 45.2 Å². The zero-order chi connectivity index (χ0) is 23.2. The van der Waals surface area contributed by atoms with E-state index in [0.29, 0.717) is 18.2 Å². The molecule has 0 radical (unpaired) electrons. The number of likely N-dealkylation sites (N-methyl/N-ethyl adjacent to an activating group) is 1. The minimum absolute atomic E-state index is 0.0783. The lowest BCUT2D eigenvalue weighted by atomic mass is 10.1. The zero-order valence-corrected chi connectivity index (χ0v) is 19.5. The van der Waals surface area contributed by atoms with Crippen LogP contribution in [0.5, 0.6) is 0 Å². The Morgan fingerprint density at radius 3 is 2.61 bits per heavy atom. The maximum atomic E-state index is 12.5. The fourth-order valence-electron chi connectivity index (χ4n) is 3.87. The highest BCUT2D eigenvalue weighted by Gasteiger charge is 2.11. The molecule has 172 valence electrons. The number of aromatic nitrogens is 3. The molecule has 2 aromatic carbocycles. The van der Waals surface area contributed by atoms with Crippen molar-refractivity contribution in [2.45, 2.75) is 40.2 Å². The van der Waals surface area contributed by atoms with Crippen LogP contribution in [0.25, 0.3) is 22.4 Å². The highest BCUT2D eigenvalue weighted by Crippen LogP contribution is 2.22. The van der Waals surface area contributed by atoms with Gasteiger partial charge in [-0.25, -0.2) is 0 Å². The Labute approximate surface area is 194 Å². The Hall–Kier alpha value is -3.45. The van der Waals surface area contributed by atoms with Gasteiger partial charge in [-0.05, 0) is 56.4 Å². The number of benzene rings is 2. The molecule has 7 heteroatoms. The average molecular weight is 446 g/mol. The van der Waals surface area contributed by atoms with Crippen LogP contribution in [0.3, 0.4) is 0 Å². The third-order valence-corrected chi connectivity index (χ3v) is 5.94. The molecule has 7 nitrogen and oxygen atoms in total. The Bertz CT molecular complexity index is 1210. The lowest BCUT2D eigenvalue weighted by Gasteiger charge is -2.18. The topological polar surface area (TPSA) is 76.2 Å². The van der Waals surface area contributed by atoms with Gasteiger partial charge in [0.2, 0.25) is 17.7 Å². The van der Waals surface area contributed by atoms with Crippen molar-refractivity contribution < 1.29 is 9.21 Å². The summed E-state index contributed by atoms with van der Waals surface area (Å²) in [5, 5.41) is 12.3. The fourth-order valence-corrected chi connectivity index (χ4v) is 3.87. The Morgan fingerprint density at radius 2 is 1.85 bits per heavy atom. The second kappa shape index (κ2) is 10.4. The maximum absolute atomic E-state index is 12.5. The van der Waals surface area contributed by atoms with Gasteiger partial charge in [-0.15, -0.1) is 10.2 Å². The molecule has 0 atom stereocenters. The molecular weight excluding hydrogens is 414 g/mol. The second-order valence-electron chi connectivity index (χ2n) is 8.22. The number of carbonyl (C=O) groups excluding carboxylic acids is 1. The summed E-state index contributed by atoms with van der Waals surface area (Å²) in [5.41, 5.74) is 4.01. The first kappa shape index (κ1) is 22.7. The van der Waals surface area contributed by atoms with Crippen LogP contribution in [0.15, 0.2) is 59.1 Å². The molecule has 0 aliphatic rings. The Kier molecular flexibility index (Phi) is 7.19. The minimum Gasteiger partial charge on any atom is -0.421 e. The highest BCUT2D eigenvalue weighted by molar-refractivity contribution is 5.94. The number of hydrogen-bond acceptors (Lipinski definition) is 5. The molecule has 0 aliphatic heterocycles. The van der Waals surface area contributed by atoms with Crippen LogP contribution < -0.4 is 5.32 Å². The van der Waals surface area contributed by atoms with Gasteiger partial charge >= 0.3 is 0 Å². The first-order valence-corrected chi connectivity index (χ1v) is 11.6. The van der Waals surface area contributed by atoms with Crippen LogP contribution in [0.2, 0.25) is 0 Å². The molecule has 2 heterocycles. The third kappa shape index (κ3) is 5.68. The van der Waals surface area contributed by atoms with Crippen molar-refractivity contribution in [2.24, 2.45) is 0 Å². The van der Waals surface area contributed by atoms with Crippen molar-refractivity contribution >= 4 is 22.5 Å². The van der Waals surface area contributed by atoms with E-state index in [4.69, 9.17) is 4.42 Å². The van der Waals surface area contributed by atoms with E-state index in [9.17, 15) is 4.79 Å². The van der Waals surface area contributed by atoms with Gasteiger partial charge in [0.25, 0.3) is 0 Å². The van der Waals surface area contributed by atoms with Crippen LogP contribution >= 0.6 is 0 Å². The van der Waals surface area contributed by atoms with Gasteiger partial charge < -0.3 is 19.2 Å². The summed E-state index contributed by atoms with van der Waals surface area (Å²) in [6.45, 7) is 10.5. The Balaban J connectivity index is 1.32. The van der Waals surface area contributed by atoms with Gasteiger partial charge in [0.1, 0.15) is 0 Å². The van der Waals surface area contributed by atoms with Crippen molar-refractivity contribution in [3.8, 4) is 11.5 Å². The molecule has 0 fully saturated rings. The van der Waals surface area contributed by atoms with E-state index >= 15 is 0 Å². The molecule has 4 aromatic rings. The number of hydrogen-bond donors (Lipinski definition) is 1. The summed E-state index contributed by atoms with van der Waals surface area (Å²) in [5.74, 6) is 0.855. The van der Waals surface area contributed by atoms with E-state index in [1.807, 2.05) is 43.3 Å². The smallest absolute Gasteiger partial charge is 0.247 e. The van der Waals surface area contributed by atoms with Crippen LogP contribution in [0.4, 0.5) is 5.69 Å². The number of amides is 1. The lowest BCUT2D eigenvalue weighted by molar-refractivity contribution is -0.116. The van der Waals surface area contributed by atoms with Crippen molar-refractivity contribution in [1.82, 2.24) is 19.7 Å². The van der Waals surface area contributed by atoms with Crippen molar-refractivity contribution in [3.05, 3.63) is 66.2 Å². The SMILES string of the molecule is CCN(CC)CCn1ccc2cc(NC(=O)CCc3nnc(-c4ccc(C)cc4)o3)ccc21. The van der Waals surface area contributed by atoms with Crippen molar-refractivity contribution in [3.63, 3.8) is 0 Å². The first-order chi connectivity index (χ1) is 16.1. The molecule has 4 rings (SSSR count). The van der Waals surface area contributed by atoms with Crippen LogP contribution in [0, 0.1) is 6.92 Å². The van der Waals surface area contributed by atoms with Crippen LogP contribution in [-0.2, 0) is 17.8 Å². The zero-order valence-electron chi connectivity index (χ0n) is 19.5. The maximum Gasteiger partial charge on any atom is 0.247 e. The molecule has 33 heavy (non-hydrogen) atoms. The number of aryl methyl sites for hydroxylation is 2. The van der Waals surface area contributed by atoms with Gasteiger partial charge in [-0.2, -0.15) is 0 Å². The summed E-state index contributed by atoms with van der Waals surface area (Å²) in [7, 11) is 0. The highest BCUT2D eigenvalue weighted by atomic mass is 16.4. The van der Waals surface area contributed by atoms with E-state index in [0.717, 1.165) is 42.8 Å². The number of rotatable bonds is 10. The molecule has 0 saturated heterocycles. The molecule has 1 amide bonds. The van der Waals surface area contributed by atoms with Crippen molar-refractivity contribution in [2.75, 3.05) is 25.0 Å². The summed E-state index contributed by atoms with van der Waals surface area (Å²) >= 11 is 0. The van der Waals surface area contributed by atoms with E-state index in [2.05, 4.69) is 57.2 Å². The summed E-state index contributed by atoms with van der Waals surface area (Å²) in [6, 6.07) is 16.0. The molecule has 2 aromatic heterocycles. The molecule has 0 spiro atoms. The van der Waals surface area contributed by atoms with E-state index in [-0.39, 0.29) is 12.3 Å². The first-order valence-electron chi connectivity index (χ1n) is 11.6. The Morgan fingerprint density at radius 1 is 1.06 bits per heavy atom. The molecule has 0 unspecified atom stereocenters. The minimum atomic E-state index is -0.0783. The quantitative estimate of drug-likeness (QED) is 0.375. The molecule has 0 saturated carbocycles. The van der Waals surface area contributed by atoms with Crippen molar-refractivity contribution in [1.29, 1.82) is 0 Å². The predicted molar refractivity (Wildman–Crippen MR) is 131 cm³/mol. The van der Waals surface area contributed by atoms with E-state index in [1.54, 1.807) is 0 Å². The third-order valence-electron chi connectivity index (χ3n) is 5.94. The van der Waals surface area contributed by atoms with Gasteiger partial charge in [0.15, 0.2) is 0 Å². The van der Waals surface area contributed by atoms with Gasteiger partial charge in [-0.3, -0.25) is 4.79 Å². The van der Waals surface area contributed by atoms with Gasteiger partial charge in [0.05, 0.1) is 0 Å². The molecule has 0 aliphatic carbocycles. The largest absolute Gasteiger partial charge is 0.421 e. The van der Waals surface area contributed by atoms with Gasteiger partial charge in [0, 0.05) is 54.3 Å². The summed E-state index contributed by atoms with van der Waals surface area (Å²) in [4.78, 5) is 14.9. The second-order valence-corrected chi connectivity index (χ2v) is 8.22. The molecular formula is C26H31N5O2.